The molecule has 0 aromatic heterocycles. The molecule has 3 nitrogen and oxygen atoms in total. The van der Waals surface area contributed by atoms with E-state index in [1.807, 2.05) is 18.2 Å². The minimum absolute atomic E-state index is 0.0265. The first-order chi connectivity index (χ1) is 9.63. The van der Waals surface area contributed by atoms with Gasteiger partial charge >= 0.3 is 0 Å². The Kier molecular flexibility index (Phi) is 3.14. The van der Waals surface area contributed by atoms with Crippen LogP contribution in [0.3, 0.4) is 0 Å². The zero-order chi connectivity index (χ0) is 14.1. The molecule has 1 aliphatic rings. The predicted octanol–water partition coefficient (Wildman–Crippen LogP) is 2.83. The molecule has 0 fully saturated rings. The molecule has 3 N–H and O–H groups in total. The number of carbonyl (C=O) groups is 1. The highest BCUT2D eigenvalue weighted by atomic mass is 19.1. The third-order valence-corrected chi connectivity index (χ3v) is 3.64. The molecule has 1 atom stereocenters. The Balaban J connectivity index is 1.79. The normalized spacial score (nSPS) is 16.8. The van der Waals surface area contributed by atoms with Crippen LogP contribution >= 0.6 is 0 Å². The second-order valence-electron chi connectivity index (χ2n) is 5.03. The van der Waals surface area contributed by atoms with E-state index in [2.05, 4.69) is 5.32 Å². The first-order valence-electron chi connectivity index (χ1n) is 6.58. The highest BCUT2D eigenvalue weighted by molar-refractivity contribution is 5.94. The fraction of sp³-hybridized carbons (Fsp3) is 0.188. The number of halogens is 1. The molecule has 2 aromatic rings. The van der Waals surface area contributed by atoms with E-state index in [1.54, 1.807) is 6.07 Å². The highest BCUT2D eigenvalue weighted by Crippen LogP contribution is 2.32. The van der Waals surface area contributed by atoms with Gasteiger partial charge in [0.25, 0.3) is 5.91 Å². The number of hydrogen-bond donors (Lipinski definition) is 2. The van der Waals surface area contributed by atoms with Crippen molar-refractivity contribution in [2.45, 2.75) is 18.9 Å². The topological polar surface area (TPSA) is 55.1 Å². The van der Waals surface area contributed by atoms with Gasteiger partial charge in [-0.2, -0.15) is 0 Å². The summed E-state index contributed by atoms with van der Waals surface area (Å²) in [7, 11) is 0. The fourth-order valence-electron chi connectivity index (χ4n) is 2.66. The second kappa shape index (κ2) is 4.96. The van der Waals surface area contributed by atoms with Gasteiger partial charge < -0.3 is 11.1 Å². The quantitative estimate of drug-likeness (QED) is 0.824. The SMILES string of the molecule is Nc1ccc2c(c1)CCC2NC(=O)c1cccc(F)c1. The number of hydrogen-bond acceptors (Lipinski definition) is 2. The molecule has 1 aliphatic carbocycles. The van der Waals surface area contributed by atoms with E-state index in [1.165, 1.54) is 23.8 Å². The molecule has 2 aromatic carbocycles. The van der Waals surface area contributed by atoms with Crippen molar-refractivity contribution in [1.29, 1.82) is 0 Å². The van der Waals surface area contributed by atoms with Gasteiger partial charge in [-0.1, -0.05) is 12.1 Å². The summed E-state index contributed by atoms with van der Waals surface area (Å²) in [6, 6.07) is 11.4. The van der Waals surface area contributed by atoms with E-state index in [0.717, 1.165) is 24.1 Å². The fourth-order valence-corrected chi connectivity index (χ4v) is 2.66. The van der Waals surface area contributed by atoms with Crippen molar-refractivity contribution in [1.82, 2.24) is 5.32 Å². The molecule has 102 valence electrons. The Morgan fingerprint density at radius 2 is 2.10 bits per heavy atom. The summed E-state index contributed by atoms with van der Waals surface area (Å²) in [6.45, 7) is 0. The van der Waals surface area contributed by atoms with Crippen molar-refractivity contribution >= 4 is 11.6 Å². The first kappa shape index (κ1) is 12.7. The number of nitrogens with two attached hydrogens (primary N) is 1. The number of nitrogens with one attached hydrogen (secondary N) is 1. The number of aryl methyl sites for hydroxylation is 1. The molecule has 0 heterocycles. The summed E-state index contributed by atoms with van der Waals surface area (Å²) in [4.78, 5) is 12.1. The Morgan fingerprint density at radius 3 is 2.90 bits per heavy atom. The molecule has 20 heavy (non-hydrogen) atoms. The van der Waals surface area contributed by atoms with Crippen LogP contribution in [0, 0.1) is 5.82 Å². The van der Waals surface area contributed by atoms with Crippen molar-refractivity contribution in [3.05, 3.63) is 65.0 Å². The van der Waals surface area contributed by atoms with Crippen molar-refractivity contribution in [3.8, 4) is 0 Å². The predicted molar refractivity (Wildman–Crippen MR) is 75.8 cm³/mol. The van der Waals surface area contributed by atoms with Crippen molar-refractivity contribution in [2.75, 3.05) is 5.73 Å². The summed E-state index contributed by atoms with van der Waals surface area (Å²) in [6.07, 6.45) is 1.74. The second-order valence-corrected chi connectivity index (χ2v) is 5.03. The van der Waals surface area contributed by atoms with Gasteiger partial charge in [0.15, 0.2) is 0 Å². The molecule has 0 spiro atoms. The van der Waals surface area contributed by atoms with Crippen LogP contribution in [0.25, 0.3) is 0 Å². The van der Waals surface area contributed by atoms with Gasteiger partial charge in [0.05, 0.1) is 6.04 Å². The largest absolute Gasteiger partial charge is 0.399 e. The summed E-state index contributed by atoms with van der Waals surface area (Å²) >= 11 is 0. The molecule has 1 amide bonds. The van der Waals surface area contributed by atoms with Crippen molar-refractivity contribution in [2.24, 2.45) is 0 Å². The van der Waals surface area contributed by atoms with E-state index >= 15 is 0 Å². The molecule has 0 bridgehead atoms. The number of fused-ring (bicyclic) bond motifs is 1. The van der Waals surface area contributed by atoms with E-state index in [-0.39, 0.29) is 11.9 Å². The van der Waals surface area contributed by atoms with Crippen LogP contribution in [-0.4, -0.2) is 5.91 Å². The molecule has 0 saturated heterocycles. The summed E-state index contributed by atoms with van der Waals surface area (Å²) in [5, 5.41) is 2.95. The number of carbonyl (C=O) groups excluding carboxylic acids is 1. The molecule has 0 saturated carbocycles. The number of rotatable bonds is 2. The summed E-state index contributed by atoms with van der Waals surface area (Å²) in [5.74, 6) is -0.656. The average molecular weight is 270 g/mol. The molecule has 0 radical (unpaired) electrons. The molecule has 4 heteroatoms. The van der Waals surface area contributed by atoms with Gasteiger partial charge in [0, 0.05) is 11.3 Å². The molecular weight excluding hydrogens is 255 g/mol. The monoisotopic (exact) mass is 270 g/mol. The molecule has 1 unspecified atom stereocenters. The van der Waals surface area contributed by atoms with Crippen molar-refractivity contribution in [3.63, 3.8) is 0 Å². The minimum Gasteiger partial charge on any atom is -0.399 e. The smallest absolute Gasteiger partial charge is 0.251 e. The average Bonchev–Trinajstić information content (AvgIpc) is 2.81. The number of amides is 1. The maximum atomic E-state index is 13.1. The number of nitrogen functional groups attached to an aromatic ring is 1. The van der Waals surface area contributed by atoms with Crippen LogP contribution in [0.1, 0.15) is 33.9 Å². The minimum atomic E-state index is -0.405. The number of benzene rings is 2. The van der Waals surface area contributed by atoms with Gasteiger partial charge in [-0.05, 0) is 54.3 Å². The molecule has 0 aliphatic heterocycles. The van der Waals surface area contributed by atoms with E-state index in [4.69, 9.17) is 5.73 Å². The Morgan fingerprint density at radius 1 is 1.25 bits per heavy atom. The van der Waals surface area contributed by atoms with Gasteiger partial charge in [0.1, 0.15) is 5.82 Å². The van der Waals surface area contributed by atoms with E-state index in [0.29, 0.717) is 5.56 Å². The lowest BCUT2D eigenvalue weighted by Crippen LogP contribution is -2.27. The lowest BCUT2D eigenvalue weighted by molar-refractivity contribution is 0.0936. The lowest BCUT2D eigenvalue weighted by Gasteiger charge is -2.14. The summed E-state index contributed by atoms with van der Waals surface area (Å²) in [5.41, 5.74) is 9.11. The third kappa shape index (κ3) is 2.37. The zero-order valence-electron chi connectivity index (χ0n) is 10.9. The lowest BCUT2D eigenvalue weighted by atomic mass is 10.1. The van der Waals surface area contributed by atoms with Crippen LogP contribution in [-0.2, 0) is 6.42 Å². The zero-order valence-corrected chi connectivity index (χ0v) is 10.9. The number of anilines is 1. The standard InChI is InChI=1S/C16H15FN2O/c17-12-3-1-2-11(8-12)16(20)19-15-7-4-10-9-13(18)5-6-14(10)15/h1-3,5-6,8-9,15H,4,7,18H2,(H,19,20). The maximum absolute atomic E-state index is 13.1. The molecular formula is C16H15FN2O. The van der Waals surface area contributed by atoms with Crippen molar-refractivity contribution < 1.29 is 9.18 Å². The van der Waals surface area contributed by atoms with Gasteiger partial charge in [-0.25, -0.2) is 4.39 Å². The van der Waals surface area contributed by atoms with Gasteiger partial charge in [0.2, 0.25) is 0 Å². The van der Waals surface area contributed by atoms with E-state index < -0.39 is 5.82 Å². The van der Waals surface area contributed by atoms with Gasteiger partial charge in [-0.15, -0.1) is 0 Å². The van der Waals surface area contributed by atoms with Crippen LogP contribution < -0.4 is 11.1 Å². The van der Waals surface area contributed by atoms with Crippen LogP contribution in [0.5, 0.6) is 0 Å². The first-order valence-corrected chi connectivity index (χ1v) is 6.58. The van der Waals surface area contributed by atoms with Gasteiger partial charge in [-0.3, -0.25) is 4.79 Å². The summed E-state index contributed by atoms with van der Waals surface area (Å²) < 4.78 is 13.1. The third-order valence-electron chi connectivity index (χ3n) is 3.64. The highest BCUT2D eigenvalue weighted by Gasteiger charge is 2.24. The Labute approximate surface area is 116 Å². The Hall–Kier alpha value is -2.36. The van der Waals surface area contributed by atoms with Crippen LogP contribution in [0.15, 0.2) is 42.5 Å². The maximum Gasteiger partial charge on any atom is 0.251 e. The van der Waals surface area contributed by atoms with E-state index in [9.17, 15) is 9.18 Å². The molecule has 3 rings (SSSR count). The van der Waals surface area contributed by atoms with Crippen LogP contribution in [0.4, 0.5) is 10.1 Å². The van der Waals surface area contributed by atoms with Crippen LogP contribution in [0.2, 0.25) is 0 Å². The Bertz CT molecular complexity index is 669.